The highest BCUT2D eigenvalue weighted by Crippen LogP contribution is 2.25. The summed E-state index contributed by atoms with van der Waals surface area (Å²) in [6.07, 6.45) is 12.8. The number of nitrogens with one attached hydrogen (secondary N) is 1. The van der Waals surface area contributed by atoms with Gasteiger partial charge in [-0.15, -0.1) is 6.42 Å². The Labute approximate surface area is 196 Å². The topological polar surface area (TPSA) is 85.1 Å². The van der Waals surface area contributed by atoms with Gasteiger partial charge in [0.1, 0.15) is 12.1 Å². The molecule has 1 amide bonds. The van der Waals surface area contributed by atoms with Gasteiger partial charge in [-0.3, -0.25) is 13.9 Å². The number of carbonyl (C=O) groups is 1. The Morgan fingerprint density at radius 2 is 1.97 bits per heavy atom. The number of anilines is 2. The van der Waals surface area contributed by atoms with Gasteiger partial charge in [0.05, 0.1) is 11.2 Å². The van der Waals surface area contributed by atoms with Crippen LogP contribution in [0.25, 0.3) is 16.6 Å². The van der Waals surface area contributed by atoms with Crippen molar-refractivity contribution in [3.05, 3.63) is 77.2 Å². The highest BCUT2D eigenvalue weighted by atomic mass is 16.2. The summed E-state index contributed by atoms with van der Waals surface area (Å²) >= 11 is 0. The number of aromatic nitrogens is 4. The zero-order valence-corrected chi connectivity index (χ0v) is 18.6. The Hall–Kier alpha value is -4.38. The molecular formula is C26H24N6O2. The molecule has 0 atom stereocenters. The van der Waals surface area contributed by atoms with Crippen molar-refractivity contribution in [2.45, 2.75) is 25.8 Å². The largest absolute Gasteiger partial charge is 0.343 e. The molecule has 1 aliphatic rings. The standard InChI is InChI=1S/C26H24N6O2/c1-2-19-6-3-7-20(16-19)29-25-22-10-9-21(17-23(22)27-18-28-25)32-15-14-31(26(32)34)13-5-12-30-11-4-8-24(30)33/h1,3,6-7,9-10,14-18H,4-5,8,11-13H2,(H,27,28,29). The van der Waals surface area contributed by atoms with Gasteiger partial charge in [-0.25, -0.2) is 14.8 Å². The first-order chi connectivity index (χ1) is 16.6. The molecule has 4 aromatic rings. The summed E-state index contributed by atoms with van der Waals surface area (Å²) in [5.74, 6) is 3.50. The van der Waals surface area contributed by atoms with Crippen LogP contribution in [0.5, 0.6) is 0 Å². The lowest BCUT2D eigenvalue weighted by molar-refractivity contribution is -0.127. The number of fused-ring (bicyclic) bond motifs is 1. The van der Waals surface area contributed by atoms with Gasteiger partial charge >= 0.3 is 5.69 Å². The van der Waals surface area contributed by atoms with Gasteiger partial charge in [0, 0.05) is 55.1 Å². The van der Waals surface area contributed by atoms with E-state index < -0.39 is 0 Å². The summed E-state index contributed by atoms with van der Waals surface area (Å²) in [4.78, 5) is 35.4. The normalized spacial score (nSPS) is 13.4. The molecule has 0 aliphatic carbocycles. The van der Waals surface area contributed by atoms with Crippen LogP contribution < -0.4 is 11.0 Å². The second kappa shape index (κ2) is 9.24. The van der Waals surface area contributed by atoms with Crippen LogP contribution >= 0.6 is 0 Å². The molecule has 2 aromatic heterocycles. The molecule has 0 unspecified atom stereocenters. The second-order valence-corrected chi connectivity index (χ2v) is 8.26. The summed E-state index contributed by atoms with van der Waals surface area (Å²) < 4.78 is 3.28. The Bertz CT molecular complexity index is 1460. The van der Waals surface area contributed by atoms with Crippen LogP contribution in [0.4, 0.5) is 11.5 Å². The first kappa shape index (κ1) is 21.5. The summed E-state index contributed by atoms with van der Waals surface area (Å²) in [6, 6.07) is 13.2. The van der Waals surface area contributed by atoms with E-state index >= 15 is 0 Å². The quantitative estimate of drug-likeness (QED) is 0.435. The SMILES string of the molecule is C#Cc1cccc(Nc2ncnc3cc(-n4ccn(CCCN5CCCC5=O)c4=O)ccc23)c1. The van der Waals surface area contributed by atoms with Crippen molar-refractivity contribution < 1.29 is 4.79 Å². The molecule has 1 saturated heterocycles. The van der Waals surface area contributed by atoms with E-state index in [9.17, 15) is 9.59 Å². The van der Waals surface area contributed by atoms with Crippen molar-refractivity contribution in [3.63, 3.8) is 0 Å². The van der Waals surface area contributed by atoms with Crippen molar-refractivity contribution >= 4 is 28.3 Å². The Kier molecular flexibility index (Phi) is 5.83. The van der Waals surface area contributed by atoms with E-state index in [-0.39, 0.29) is 11.6 Å². The molecular weight excluding hydrogens is 428 g/mol. The Morgan fingerprint density at radius 3 is 2.79 bits per heavy atom. The summed E-state index contributed by atoms with van der Waals surface area (Å²) in [6.45, 7) is 2.07. The second-order valence-electron chi connectivity index (χ2n) is 8.26. The number of likely N-dealkylation sites (tertiary alicyclic amines) is 1. The molecule has 170 valence electrons. The number of benzene rings is 2. The predicted molar refractivity (Wildman–Crippen MR) is 131 cm³/mol. The number of hydrogen-bond acceptors (Lipinski definition) is 5. The van der Waals surface area contributed by atoms with Crippen LogP contribution in [-0.4, -0.2) is 43.0 Å². The highest BCUT2D eigenvalue weighted by Gasteiger charge is 2.19. The number of amides is 1. The molecule has 5 rings (SSSR count). The maximum absolute atomic E-state index is 12.9. The molecule has 8 heteroatoms. The first-order valence-electron chi connectivity index (χ1n) is 11.3. The molecule has 1 aliphatic heterocycles. The predicted octanol–water partition coefficient (Wildman–Crippen LogP) is 3.32. The van der Waals surface area contributed by atoms with Crippen molar-refractivity contribution in [3.8, 4) is 18.0 Å². The van der Waals surface area contributed by atoms with Gasteiger partial charge < -0.3 is 10.2 Å². The van der Waals surface area contributed by atoms with E-state index in [0.29, 0.717) is 25.3 Å². The average molecular weight is 453 g/mol. The summed E-state index contributed by atoms with van der Waals surface area (Å²) in [5, 5.41) is 4.13. The van der Waals surface area contributed by atoms with Crippen LogP contribution in [0, 0.1) is 12.3 Å². The van der Waals surface area contributed by atoms with E-state index in [2.05, 4.69) is 21.2 Å². The molecule has 1 N–H and O–H groups in total. The number of aryl methyl sites for hydroxylation is 1. The van der Waals surface area contributed by atoms with Crippen LogP contribution in [0.3, 0.4) is 0 Å². The Balaban J connectivity index is 1.35. The van der Waals surface area contributed by atoms with Crippen LogP contribution in [-0.2, 0) is 11.3 Å². The molecule has 34 heavy (non-hydrogen) atoms. The molecule has 2 aromatic carbocycles. The number of hydrogen-bond donors (Lipinski definition) is 1. The van der Waals surface area contributed by atoms with Crippen LogP contribution in [0.1, 0.15) is 24.8 Å². The number of rotatable bonds is 7. The van der Waals surface area contributed by atoms with Crippen molar-refractivity contribution in [2.75, 3.05) is 18.4 Å². The summed E-state index contributed by atoms with van der Waals surface area (Å²) in [7, 11) is 0. The monoisotopic (exact) mass is 452 g/mol. The van der Waals surface area contributed by atoms with Gasteiger partial charge in [0.15, 0.2) is 0 Å². The van der Waals surface area contributed by atoms with Crippen molar-refractivity contribution in [1.29, 1.82) is 0 Å². The van der Waals surface area contributed by atoms with Crippen LogP contribution in [0.15, 0.2) is 66.0 Å². The maximum atomic E-state index is 12.9. The van der Waals surface area contributed by atoms with E-state index in [0.717, 1.165) is 47.2 Å². The minimum atomic E-state index is -0.120. The van der Waals surface area contributed by atoms with Gasteiger partial charge in [0.25, 0.3) is 0 Å². The maximum Gasteiger partial charge on any atom is 0.332 e. The molecule has 0 spiro atoms. The minimum absolute atomic E-state index is 0.120. The fourth-order valence-corrected chi connectivity index (χ4v) is 4.27. The number of nitrogens with zero attached hydrogens (tertiary/aromatic N) is 5. The fraction of sp³-hybridized carbons (Fsp3) is 0.231. The van der Waals surface area contributed by atoms with E-state index in [1.165, 1.54) is 6.33 Å². The molecule has 8 nitrogen and oxygen atoms in total. The van der Waals surface area contributed by atoms with E-state index in [4.69, 9.17) is 6.42 Å². The third-order valence-electron chi connectivity index (χ3n) is 6.04. The van der Waals surface area contributed by atoms with E-state index in [1.807, 2.05) is 47.4 Å². The molecule has 0 bridgehead atoms. The van der Waals surface area contributed by atoms with Crippen LogP contribution in [0.2, 0.25) is 0 Å². The fourth-order valence-electron chi connectivity index (χ4n) is 4.27. The van der Waals surface area contributed by atoms with Gasteiger partial charge in [0.2, 0.25) is 5.91 Å². The average Bonchev–Trinajstić information content (AvgIpc) is 3.44. The van der Waals surface area contributed by atoms with Gasteiger partial charge in [-0.05, 0) is 49.2 Å². The first-order valence-corrected chi connectivity index (χ1v) is 11.3. The third-order valence-corrected chi connectivity index (χ3v) is 6.04. The lowest BCUT2D eigenvalue weighted by Gasteiger charge is -2.14. The Morgan fingerprint density at radius 1 is 1.06 bits per heavy atom. The minimum Gasteiger partial charge on any atom is -0.343 e. The van der Waals surface area contributed by atoms with Gasteiger partial charge in [-0.1, -0.05) is 12.0 Å². The molecule has 0 saturated carbocycles. The van der Waals surface area contributed by atoms with E-state index in [1.54, 1.807) is 21.5 Å². The van der Waals surface area contributed by atoms with Crippen molar-refractivity contribution in [1.82, 2.24) is 24.0 Å². The lowest BCUT2D eigenvalue weighted by Crippen LogP contribution is -2.28. The molecule has 3 heterocycles. The van der Waals surface area contributed by atoms with Crippen molar-refractivity contribution in [2.24, 2.45) is 0 Å². The lowest BCUT2D eigenvalue weighted by atomic mass is 10.2. The summed E-state index contributed by atoms with van der Waals surface area (Å²) in [5.41, 5.74) is 2.94. The number of imidazole rings is 1. The molecule has 0 radical (unpaired) electrons. The zero-order valence-electron chi connectivity index (χ0n) is 18.6. The number of terminal acetylenes is 1. The smallest absolute Gasteiger partial charge is 0.332 e. The van der Waals surface area contributed by atoms with Gasteiger partial charge in [-0.2, -0.15) is 0 Å². The third kappa shape index (κ3) is 4.28. The number of carbonyl (C=O) groups excluding carboxylic acids is 1. The highest BCUT2D eigenvalue weighted by molar-refractivity contribution is 5.91. The molecule has 1 fully saturated rings. The zero-order chi connectivity index (χ0) is 23.5.